The van der Waals surface area contributed by atoms with Gasteiger partial charge in [0, 0.05) is 38.6 Å². The fraction of sp³-hybridized carbons (Fsp3) is 0.889. The first-order valence-electron chi connectivity index (χ1n) is 9.95. The Labute approximate surface area is 155 Å². The first-order chi connectivity index (χ1) is 12.4. The van der Waals surface area contributed by atoms with Gasteiger partial charge < -0.3 is 4.90 Å². The third kappa shape index (κ3) is 3.05. The van der Waals surface area contributed by atoms with Gasteiger partial charge in [-0.15, -0.1) is 0 Å². The van der Waals surface area contributed by atoms with Gasteiger partial charge in [0.2, 0.25) is 15.9 Å². The van der Waals surface area contributed by atoms with Crippen molar-refractivity contribution in [1.82, 2.24) is 14.1 Å². The molecule has 0 N–H and O–H groups in total. The van der Waals surface area contributed by atoms with E-state index < -0.39 is 10.0 Å². The van der Waals surface area contributed by atoms with Crippen molar-refractivity contribution in [3.63, 3.8) is 0 Å². The van der Waals surface area contributed by atoms with E-state index in [9.17, 15) is 18.0 Å². The second-order valence-corrected chi connectivity index (χ2v) is 10.6. The molecule has 2 unspecified atom stereocenters. The zero-order valence-corrected chi connectivity index (χ0v) is 16.3. The number of hydrogen-bond acceptors (Lipinski definition) is 4. The van der Waals surface area contributed by atoms with Crippen molar-refractivity contribution in [3.05, 3.63) is 0 Å². The number of nitrogens with zero attached hydrogens (tertiary/aromatic N) is 3. The van der Waals surface area contributed by atoms with Gasteiger partial charge in [0.05, 0.1) is 5.75 Å². The van der Waals surface area contributed by atoms with Crippen LogP contribution < -0.4 is 0 Å². The van der Waals surface area contributed by atoms with Crippen LogP contribution in [0.25, 0.3) is 0 Å². The topological polar surface area (TPSA) is 78.0 Å². The van der Waals surface area contributed by atoms with Gasteiger partial charge in [-0.3, -0.25) is 9.69 Å². The van der Waals surface area contributed by atoms with E-state index in [4.69, 9.17) is 0 Å². The van der Waals surface area contributed by atoms with Crippen LogP contribution in [-0.4, -0.2) is 72.4 Å². The minimum absolute atomic E-state index is 0.0568. The van der Waals surface area contributed by atoms with Gasteiger partial charge in [-0.1, -0.05) is 6.42 Å². The molecular formula is C18H29N3O4S. The largest absolute Gasteiger partial charge is 0.326 e. The lowest BCUT2D eigenvalue weighted by Crippen LogP contribution is -2.56. The first kappa shape index (κ1) is 18.2. The predicted molar refractivity (Wildman–Crippen MR) is 96.9 cm³/mol. The molecule has 1 spiro atoms. The second-order valence-electron chi connectivity index (χ2n) is 8.41. The van der Waals surface area contributed by atoms with Gasteiger partial charge in [-0.05, 0) is 50.4 Å². The van der Waals surface area contributed by atoms with Crippen LogP contribution in [0.15, 0.2) is 0 Å². The van der Waals surface area contributed by atoms with Crippen LogP contribution in [0.2, 0.25) is 0 Å². The van der Waals surface area contributed by atoms with E-state index in [1.165, 1.54) is 34.9 Å². The molecule has 0 aromatic rings. The lowest BCUT2D eigenvalue weighted by Gasteiger charge is -2.37. The zero-order chi connectivity index (χ0) is 18.5. The maximum atomic E-state index is 12.9. The second kappa shape index (κ2) is 6.48. The average Bonchev–Trinajstić information content (AvgIpc) is 3.12. The Morgan fingerprint density at radius 1 is 1.12 bits per heavy atom. The molecule has 0 aromatic carbocycles. The maximum absolute atomic E-state index is 12.9. The highest BCUT2D eigenvalue weighted by molar-refractivity contribution is 7.89. The minimum atomic E-state index is -3.30. The SMILES string of the molecule is CCS(=O)(=O)N1CCCC1CN1C(=O)CCN(CC2CC23CCC3)C1=O. The molecule has 4 fully saturated rings. The number of rotatable bonds is 6. The number of imide groups is 1. The minimum Gasteiger partial charge on any atom is -0.323 e. The fourth-order valence-corrected chi connectivity index (χ4v) is 6.39. The van der Waals surface area contributed by atoms with E-state index in [-0.39, 0.29) is 30.3 Å². The Hall–Kier alpha value is -1.15. The lowest BCUT2D eigenvalue weighted by molar-refractivity contribution is -0.131. The summed E-state index contributed by atoms with van der Waals surface area (Å²) in [6, 6.07) is -0.491. The van der Waals surface area contributed by atoms with Crippen molar-refractivity contribution >= 4 is 22.0 Å². The van der Waals surface area contributed by atoms with Crippen LogP contribution in [0, 0.1) is 11.3 Å². The van der Waals surface area contributed by atoms with Crippen molar-refractivity contribution in [1.29, 1.82) is 0 Å². The molecule has 0 bridgehead atoms. The number of sulfonamides is 1. The van der Waals surface area contributed by atoms with Crippen molar-refractivity contribution < 1.29 is 18.0 Å². The van der Waals surface area contributed by atoms with E-state index in [0.29, 0.717) is 37.3 Å². The van der Waals surface area contributed by atoms with Gasteiger partial charge in [0.15, 0.2) is 0 Å². The normalized spacial score (nSPS) is 31.6. The van der Waals surface area contributed by atoms with E-state index in [1.54, 1.807) is 6.92 Å². The molecule has 7 nitrogen and oxygen atoms in total. The monoisotopic (exact) mass is 383 g/mol. The molecule has 146 valence electrons. The molecular weight excluding hydrogens is 354 g/mol. The van der Waals surface area contributed by atoms with E-state index >= 15 is 0 Å². The number of hydrogen-bond donors (Lipinski definition) is 0. The van der Waals surface area contributed by atoms with E-state index in [1.807, 2.05) is 4.90 Å². The van der Waals surface area contributed by atoms with Gasteiger partial charge in [0.1, 0.15) is 0 Å². The smallest absolute Gasteiger partial charge is 0.323 e. The third-order valence-corrected chi connectivity index (χ3v) is 8.91. The summed E-state index contributed by atoms with van der Waals surface area (Å²) >= 11 is 0. The highest BCUT2D eigenvalue weighted by Gasteiger charge is 2.58. The predicted octanol–water partition coefficient (Wildman–Crippen LogP) is 1.64. The Bertz CT molecular complexity index is 703. The van der Waals surface area contributed by atoms with Crippen LogP contribution in [0.5, 0.6) is 0 Å². The van der Waals surface area contributed by atoms with Gasteiger partial charge in [0.25, 0.3) is 0 Å². The zero-order valence-electron chi connectivity index (χ0n) is 15.5. The highest BCUT2D eigenvalue weighted by Crippen LogP contribution is 2.65. The highest BCUT2D eigenvalue weighted by atomic mass is 32.2. The molecule has 2 saturated heterocycles. The first-order valence-corrected chi connectivity index (χ1v) is 11.6. The number of amides is 3. The molecule has 3 amide bonds. The standard InChI is InChI=1S/C18H29N3O4S/c1-2-26(24,25)21-9-3-5-15(21)13-20-16(22)6-10-19(17(20)23)12-14-11-18(14)7-4-8-18/h14-15H,2-13H2,1H3. The van der Waals surface area contributed by atoms with Gasteiger partial charge in [-0.2, -0.15) is 4.31 Å². The average molecular weight is 384 g/mol. The van der Waals surface area contributed by atoms with Crippen LogP contribution in [0.3, 0.4) is 0 Å². The molecule has 4 aliphatic rings. The van der Waals surface area contributed by atoms with Crippen LogP contribution in [0.4, 0.5) is 4.79 Å². The third-order valence-electron chi connectivity index (χ3n) is 6.99. The quantitative estimate of drug-likeness (QED) is 0.699. The molecule has 2 aliphatic carbocycles. The molecule has 2 atom stereocenters. The Balaban J connectivity index is 1.41. The molecule has 0 aromatic heterocycles. The number of urea groups is 1. The Morgan fingerprint density at radius 2 is 1.88 bits per heavy atom. The van der Waals surface area contributed by atoms with E-state index in [2.05, 4.69) is 0 Å². The summed E-state index contributed by atoms with van der Waals surface area (Å²) in [5, 5.41) is 0. The van der Waals surface area contributed by atoms with Crippen molar-refractivity contribution in [3.8, 4) is 0 Å². The molecule has 2 heterocycles. The van der Waals surface area contributed by atoms with Crippen LogP contribution in [-0.2, 0) is 14.8 Å². The Kier molecular flexibility index (Phi) is 4.54. The summed E-state index contributed by atoms with van der Waals surface area (Å²) in [6.07, 6.45) is 6.94. The molecule has 26 heavy (non-hydrogen) atoms. The van der Waals surface area contributed by atoms with Crippen molar-refractivity contribution in [2.24, 2.45) is 11.3 Å². The maximum Gasteiger partial charge on any atom is 0.326 e. The molecule has 8 heteroatoms. The lowest BCUT2D eigenvalue weighted by atomic mass is 9.80. The van der Waals surface area contributed by atoms with Crippen molar-refractivity contribution in [2.75, 3.05) is 31.9 Å². The van der Waals surface area contributed by atoms with Gasteiger partial charge >= 0.3 is 6.03 Å². The van der Waals surface area contributed by atoms with Crippen LogP contribution in [0.1, 0.15) is 51.9 Å². The molecule has 2 saturated carbocycles. The number of carbonyl (C=O) groups is 2. The summed E-state index contributed by atoms with van der Waals surface area (Å²) in [6.45, 7) is 3.58. The number of carbonyl (C=O) groups excluding carboxylic acids is 2. The summed E-state index contributed by atoms with van der Waals surface area (Å²) in [5.74, 6) is 0.487. The summed E-state index contributed by atoms with van der Waals surface area (Å²) < 4.78 is 26.0. The summed E-state index contributed by atoms with van der Waals surface area (Å²) in [4.78, 5) is 28.4. The summed E-state index contributed by atoms with van der Waals surface area (Å²) in [7, 11) is -3.30. The van der Waals surface area contributed by atoms with Crippen molar-refractivity contribution in [2.45, 2.75) is 57.9 Å². The molecule has 2 aliphatic heterocycles. The van der Waals surface area contributed by atoms with Gasteiger partial charge in [-0.25, -0.2) is 13.2 Å². The summed E-state index contributed by atoms with van der Waals surface area (Å²) in [5.41, 5.74) is 0.504. The molecule has 0 radical (unpaired) electrons. The van der Waals surface area contributed by atoms with E-state index in [0.717, 1.165) is 13.0 Å². The Morgan fingerprint density at radius 3 is 2.50 bits per heavy atom. The van der Waals surface area contributed by atoms with Crippen LogP contribution >= 0.6 is 0 Å². The fourth-order valence-electron chi connectivity index (χ4n) is 5.02. The molecule has 4 rings (SSSR count).